The zero-order valence-electron chi connectivity index (χ0n) is 14.3. The summed E-state index contributed by atoms with van der Waals surface area (Å²) in [6, 6.07) is 22.4. The first-order chi connectivity index (χ1) is 12.6. The van der Waals surface area contributed by atoms with E-state index in [1.165, 1.54) is 6.07 Å². The van der Waals surface area contributed by atoms with E-state index in [2.05, 4.69) is 10.6 Å². The van der Waals surface area contributed by atoms with Gasteiger partial charge in [0, 0.05) is 11.4 Å². The summed E-state index contributed by atoms with van der Waals surface area (Å²) >= 11 is 5.27. The van der Waals surface area contributed by atoms with Gasteiger partial charge in [-0.1, -0.05) is 36.4 Å². The Hall–Kier alpha value is -2.92. The van der Waals surface area contributed by atoms with Gasteiger partial charge in [0.25, 0.3) is 0 Å². The number of aryl methyl sites for hydroxylation is 1. The number of anilines is 2. The largest absolute Gasteiger partial charge is 0.489 e. The first kappa shape index (κ1) is 17.9. The third kappa shape index (κ3) is 5.04. The second-order valence-corrected chi connectivity index (χ2v) is 6.25. The van der Waals surface area contributed by atoms with E-state index >= 15 is 0 Å². The number of halogens is 1. The first-order valence-electron chi connectivity index (χ1n) is 8.21. The molecular weight excluding hydrogens is 347 g/mol. The molecule has 0 aromatic heterocycles. The summed E-state index contributed by atoms with van der Waals surface area (Å²) in [5.41, 5.74) is 3.14. The number of ether oxygens (including phenoxy) is 1. The van der Waals surface area contributed by atoms with Crippen molar-refractivity contribution in [2.75, 3.05) is 10.6 Å². The SMILES string of the molecule is Cc1ccc(NC(=S)Nc2ccc(OCc3ccccc3)cc2)cc1F. The summed E-state index contributed by atoms with van der Waals surface area (Å²) in [4.78, 5) is 0. The molecule has 0 heterocycles. The van der Waals surface area contributed by atoms with Crippen LogP contribution in [0, 0.1) is 12.7 Å². The van der Waals surface area contributed by atoms with E-state index in [1.54, 1.807) is 19.1 Å². The van der Waals surface area contributed by atoms with Crippen LogP contribution in [-0.2, 0) is 6.61 Å². The van der Waals surface area contributed by atoms with Crippen molar-refractivity contribution in [2.45, 2.75) is 13.5 Å². The highest BCUT2D eigenvalue weighted by molar-refractivity contribution is 7.80. The van der Waals surface area contributed by atoms with Gasteiger partial charge in [-0.3, -0.25) is 0 Å². The van der Waals surface area contributed by atoms with Gasteiger partial charge in [-0.15, -0.1) is 0 Å². The van der Waals surface area contributed by atoms with E-state index in [1.807, 2.05) is 54.6 Å². The van der Waals surface area contributed by atoms with Gasteiger partial charge in [-0.2, -0.15) is 0 Å². The Kier molecular flexibility index (Phi) is 5.81. The molecule has 26 heavy (non-hydrogen) atoms. The third-order valence-corrected chi connectivity index (χ3v) is 3.99. The predicted molar refractivity (Wildman–Crippen MR) is 108 cm³/mol. The lowest BCUT2D eigenvalue weighted by Crippen LogP contribution is -2.19. The van der Waals surface area contributed by atoms with Gasteiger partial charge in [-0.25, -0.2) is 4.39 Å². The summed E-state index contributed by atoms with van der Waals surface area (Å²) in [7, 11) is 0. The van der Waals surface area contributed by atoms with Crippen molar-refractivity contribution >= 4 is 28.7 Å². The molecule has 3 aromatic rings. The van der Waals surface area contributed by atoms with Crippen molar-refractivity contribution in [3.63, 3.8) is 0 Å². The van der Waals surface area contributed by atoms with Crippen LogP contribution >= 0.6 is 12.2 Å². The fourth-order valence-electron chi connectivity index (χ4n) is 2.34. The second-order valence-electron chi connectivity index (χ2n) is 5.84. The van der Waals surface area contributed by atoms with Crippen LogP contribution in [0.1, 0.15) is 11.1 Å². The topological polar surface area (TPSA) is 33.3 Å². The number of hydrogen-bond acceptors (Lipinski definition) is 2. The quantitative estimate of drug-likeness (QED) is 0.582. The van der Waals surface area contributed by atoms with Gasteiger partial charge in [0.2, 0.25) is 0 Å². The molecule has 0 spiro atoms. The van der Waals surface area contributed by atoms with Crippen LogP contribution in [0.3, 0.4) is 0 Å². The normalized spacial score (nSPS) is 10.2. The maximum atomic E-state index is 13.6. The molecular formula is C21H19FN2OS. The molecule has 3 nitrogen and oxygen atoms in total. The Morgan fingerprint density at radius 1 is 0.923 bits per heavy atom. The minimum absolute atomic E-state index is 0.266. The Labute approximate surface area is 157 Å². The maximum absolute atomic E-state index is 13.6. The molecule has 0 saturated heterocycles. The average Bonchev–Trinajstić information content (AvgIpc) is 2.65. The summed E-state index contributed by atoms with van der Waals surface area (Å²) in [6.07, 6.45) is 0. The third-order valence-electron chi connectivity index (χ3n) is 3.79. The summed E-state index contributed by atoms with van der Waals surface area (Å²) in [6.45, 7) is 2.24. The molecule has 5 heteroatoms. The molecule has 0 amide bonds. The zero-order chi connectivity index (χ0) is 18.4. The van der Waals surface area contributed by atoms with Gasteiger partial charge in [-0.05, 0) is 66.7 Å². The highest BCUT2D eigenvalue weighted by atomic mass is 32.1. The van der Waals surface area contributed by atoms with E-state index in [-0.39, 0.29) is 5.82 Å². The second kappa shape index (κ2) is 8.45. The van der Waals surface area contributed by atoms with Crippen molar-refractivity contribution in [3.05, 3.63) is 89.7 Å². The minimum Gasteiger partial charge on any atom is -0.489 e. The van der Waals surface area contributed by atoms with Crippen LogP contribution in [0.15, 0.2) is 72.8 Å². The Balaban J connectivity index is 1.53. The zero-order valence-corrected chi connectivity index (χ0v) is 15.1. The molecule has 0 aliphatic heterocycles. The van der Waals surface area contributed by atoms with Crippen LogP contribution in [0.5, 0.6) is 5.75 Å². The monoisotopic (exact) mass is 366 g/mol. The summed E-state index contributed by atoms with van der Waals surface area (Å²) in [5.74, 6) is 0.511. The van der Waals surface area contributed by atoms with Gasteiger partial charge >= 0.3 is 0 Å². The van der Waals surface area contributed by atoms with Gasteiger partial charge in [0.15, 0.2) is 5.11 Å². The van der Waals surface area contributed by atoms with Crippen LogP contribution < -0.4 is 15.4 Å². The highest BCUT2D eigenvalue weighted by Gasteiger charge is 2.03. The number of nitrogens with one attached hydrogen (secondary N) is 2. The molecule has 0 unspecified atom stereocenters. The van der Waals surface area contributed by atoms with Crippen molar-refractivity contribution in [2.24, 2.45) is 0 Å². The van der Waals surface area contributed by atoms with Crippen LogP contribution in [0.4, 0.5) is 15.8 Å². The molecule has 0 bridgehead atoms. The smallest absolute Gasteiger partial charge is 0.175 e. The predicted octanol–water partition coefficient (Wildman–Crippen LogP) is 5.52. The Bertz CT molecular complexity index is 882. The molecule has 0 aliphatic rings. The van der Waals surface area contributed by atoms with Gasteiger partial charge in [0.1, 0.15) is 18.2 Å². The van der Waals surface area contributed by atoms with Crippen molar-refractivity contribution in [1.29, 1.82) is 0 Å². The van der Waals surface area contributed by atoms with E-state index in [4.69, 9.17) is 17.0 Å². The van der Waals surface area contributed by atoms with E-state index < -0.39 is 0 Å². The van der Waals surface area contributed by atoms with Gasteiger partial charge in [0.05, 0.1) is 0 Å². The standard InChI is InChI=1S/C21H19FN2OS/c1-15-7-8-18(13-20(15)22)24-21(26)23-17-9-11-19(12-10-17)25-14-16-5-3-2-4-6-16/h2-13H,14H2,1H3,(H2,23,24,26). The summed E-state index contributed by atoms with van der Waals surface area (Å²) < 4.78 is 19.3. The van der Waals surface area contributed by atoms with E-state index in [9.17, 15) is 4.39 Å². The Morgan fingerprint density at radius 3 is 2.27 bits per heavy atom. The van der Waals surface area contributed by atoms with Crippen LogP contribution in [0.2, 0.25) is 0 Å². The Morgan fingerprint density at radius 2 is 1.58 bits per heavy atom. The number of thiocarbonyl (C=S) groups is 1. The number of rotatable bonds is 5. The molecule has 132 valence electrons. The highest BCUT2D eigenvalue weighted by Crippen LogP contribution is 2.18. The lowest BCUT2D eigenvalue weighted by molar-refractivity contribution is 0.306. The van der Waals surface area contributed by atoms with Gasteiger partial charge < -0.3 is 15.4 Å². The molecule has 3 rings (SSSR count). The lowest BCUT2D eigenvalue weighted by Gasteiger charge is -2.12. The number of benzene rings is 3. The van der Waals surface area contributed by atoms with Crippen molar-refractivity contribution < 1.29 is 9.13 Å². The van der Waals surface area contributed by atoms with Crippen LogP contribution in [-0.4, -0.2) is 5.11 Å². The number of hydrogen-bond donors (Lipinski definition) is 2. The minimum atomic E-state index is -0.266. The van der Waals surface area contributed by atoms with Crippen molar-refractivity contribution in [3.8, 4) is 5.75 Å². The average molecular weight is 366 g/mol. The van der Waals surface area contributed by atoms with E-state index in [0.29, 0.717) is 23.0 Å². The van der Waals surface area contributed by atoms with Crippen molar-refractivity contribution in [1.82, 2.24) is 0 Å². The molecule has 0 fully saturated rings. The summed E-state index contributed by atoms with van der Waals surface area (Å²) in [5, 5.41) is 6.43. The maximum Gasteiger partial charge on any atom is 0.175 e. The molecule has 3 aromatic carbocycles. The molecule has 2 N–H and O–H groups in total. The molecule has 0 atom stereocenters. The molecule has 0 saturated carbocycles. The fourth-order valence-corrected chi connectivity index (χ4v) is 2.58. The van der Waals surface area contributed by atoms with Crippen LogP contribution in [0.25, 0.3) is 0 Å². The van der Waals surface area contributed by atoms with E-state index in [0.717, 1.165) is 17.0 Å². The molecule has 0 radical (unpaired) electrons. The molecule has 0 aliphatic carbocycles. The lowest BCUT2D eigenvalue weighted by atomic mass is 10.2. The first-order valence-corrected chi connectivity index (χ1v) is 8.62. The fraction of sp³-hybridized carbons (Fsp3) is 0.0952.